The zero-order chi connectivity index (χ0) is 22.3. The van der Waals surface area contributed by atoms with Crippen LogP contribution < -0.4 is 4.90 Å². The van der Waals surface area contributed by atoms with E-state index in [1.54, 1.807) is 24.4 Å². The lowest BCUT2D eigenvalue weighted by molar-refractivity contribution is 0.242. The molecule has 1 aromatic heterocycles. The second-order valence-electron chi connectivity index (χ2n) is 8.50. The Morgan fingerprint density at radius 2 is 1.53 bits per heavy atom. The average Bonchev–Trinajstić information content (AvgIpc) is 3.36. The lowest BCUT2D eigenvalue weighted by Crippen LogP contribution is -2.25. The third-order valence-corrected chi connectivity index (χ3v) is 6.68. The van der Waals surface area contributed by atoms with Crippen molar-refractivity contribution in [3.63, 3.8) is 0 Å². The largest absolute Gasteiger partial charge is 0.372 e. The van der Waals surface area contributed by atoms with E-state index in [2.05, 4.69) is 51.3 Å². The molecule has 1 fully saturated rings. The van der Waals surface area contributed by atoms with E-state index in [-0.39, 0.29) is 0 Å². The molecule has 32 heavy (non-hydrogen) atoms. The maximum absolute atomic E-state index is 5.66. The molecule has 0 spiro atoms. The minimum absolute atomic E-state index is 0.504. The van der Waals surface area contributed by atoms with Crippen LogP contribution in [-0.4, -0.2) is 29.9 Å². The lowest BCUT2D eigenvalue weighted by atomic mass is 10.1. The fraction of sp³-hybridized carbons (Fsp3) is 0.577. The molecule has 0 radical (unpaired) electrons. The molecule has 1 aliphatic rings. The second kappa shape index (κ2) is 15.0. The molecule has 1 unspecified atom stereocenters. The van der Waals surface area contributed by atoms with Crippen molar-refractivity contribution in [3.8, 4) is 0 Å². The summed E-state index contributed by atoms with van der Waals surface area (Å²) < 4.78 is 5.66. The van der Waals surface area contributed by atoms with Gasteiger partial charge in [0.2, 0.25) is 0 Å². The molecule has 0 N–H and O–H groups in total. The van der Waals surface area contributed by atoms with E-state index in [1.807, 2.05) is 12.1 Å². The lowest BCUT2D eigenvalue weighted by Gasteiger charge is -2.25. The van der Waals surface area contributed by atoms with Gasteiger partial charge >= 0.3 is 0 Å². The molecule has 0 saturated carbocycles. The summed E-state index contributed by atoms with van der Waals surface area (Å²) in [5.41, 5.74) is 2.99. The van der Waals surface area contributed by atoms with Crippen LogP contribution in [0.1, 0.15) is 71.1 Å². The molecule has 1 aliphatic heterocycles. The Morgan fingerprint density at radius 1 is 0.875 bits per heavy atom. The minimum Gasteiger partial charge on any atom is -0.372 e. The van der Waals surface area contributed by atoms with E-state index in [0.717, 1.165) is 24.5 Å². The van der Waals surface area contributed by atoms with E-state index in [4.69, 9.17) is 4.18 Å². The normalized spacial score (nSPS) is 16.1. The molecule has 174 valence electrons. The summed E-state index contributed by atoms with van der Waals surface area (Å²) in [5, 5.41) is 8.65. The number of hydrogen-bond acceptors (Lipinski definition) is 6. The van der Waals surface area contributed by atoms with Crippen LogP contribution in [-0.2, 0) is 4.18 Å². The first-order chi connectivity index (χ1) is 15.8. The number of rotatable bonds is 15. The zero-order valence-electron chi connectivity index (χ0n) is 19.5. The maximum Gasteiger partial charge on any atom is 0.0887 e. The van der Waals surface area contributed by atoms with Crippen LogP contribution in [0.2, 0.25) is 0 Å². The van der Waals surface area contributed by atoms with E-state index in [1.165, 1.54) is 75.6 Å². The van der Waals surface area contributed by atoms with Gasteiger partial charge in [0.1, 0.15) is 0 Å². The zero-order valence-corrected chi connectivity index (χ0v) is 20.3. The molecule has 1 atom stereocenters. The molecule has 2 aromatic rings. The highest BCUT2D eigenvalue weighted by molar-refractivity contribution is 7.94. The molecule has 3 rings (SSSR count). The molecule has 0 bridgehead atoms. The van der Waals surface area contributed by atoms with E-state index in [0.29, 0.717) is 6.10 Å². The fourth-order valence-corrected chi connectivity index (χ4v) is 4.79. The van der Waals surface area contributed by atoms with Crippen molar-refractivity contribution in [2.45, 2.75) is 77.2 Å². The predicted molar refractivity (Wildman–Crippen MR) is 136 cm³/mol. The predicted octanol–water partition coefficient (Wildman–Crippen LogP) is 8.27. The Morgan fingerprint density at radius 3 is 2.19 bits per heavy atom. The molecule has 1 aromatic carbocycles. The smallest absolute Gasteiger partial charge is 0.0887 e. The first kappa shape index (κ1) is 24.7. The van der Waals surface area contributed by atoms with Crippen molar-refractivity contribution in [2.24, 2.45) is 10.2 Å². The number of benzene rings is 1. The molecule has 2 heterocycles. The van der Waals surface area contributed by atoms with Crippen LogP contribution in [0.25, 0.3) is 0 Å². The molecule has 5 nitrogen and oxygen atoms in total. The quantitative estimate of drug-likeness (QED) is 0.154. The van der Waals surface area contributed by atoms with Crippen LogP contribution in [0.3, 0.4) is 0 Å². The number of pyridine rings is 1. The van der Waals surface area contributed by atoms with Crippen LogP contribution in [0.15, 0.2) is 59.0 Å². The van der Waals surface area contributed by atoms with Gasteiger partial charge in [-0.05, 0) is 74.1 Å². The van der Waals surface area contributed by atoms with Gasteiger partial charge in [-0.1, -0.05) is 45.4 Å². The van der Waals surface area contributed by atoms with Crippen molar-refractivity contribution in [3.05, 3.63) is 48.8 Å². The average molecular weight is 455 g/mol. The molecular formula is C26H38N4OS. The standard InChI is InChI=1S/C26H38N4OS/c1-2-3-4-8-20-30(21-9-6-5-7-10-26-17-22-32-31-26)25-13-11-23(12-14-25)28-29-24-15-18-27-19-16-24/h11-16,18-19,26H,2-10,17,20-22H2,1H3. The van der Waals surface area contributed by atoms with Crippen molar-refractivity contribution in [1.29, 1.82) is 0 Å². The van der Waals surface area contributed by atoms with Gasteiger partial charge in [-0.2, -0.15) is 10.2 Å². The highest BCUT2D eigenvalue weighted by Gasteiger charge is 2.15. The number of aromatic nitrogens is 1. The monoisotopic (exact) mass is 454 g/mol. The summed E-state index contributed by atoms with van der Waals surface area (Å²) >= 11 is 1.64. The third-order valence-electron chi connectivity index (χ3n) is 5.87. The van der Waals surface area contributed by atoms with Gasteiger partial charge in [-0.3, -0.25) is 4.98 Å². The van der Waals surface area contributed by atoms with Gasteiger partial charge in [-0.25, -0.2) is 0 Å². The highest BCUT2D eigenvalue weighted by atomic mass is 32.2. The van der Waals surface area contributed by atoms with Crippen molar-refractivity contribution in [1.82, 2.24) is 4.98 Å². The SMILES string of the molecule is CCCCCCN(CCCCCCC1CCSO1)c1ccc(N=Nc2ccncc2)cc1. The van der Waals surface area contributed by atoms with Gasteiger partial charge in [-0.15, -0.1) is 0 Å². The Bertz CT molecular complexity index is 763. The Balaban J connectivity index is 1.46. The van der Waals surface area contributed by atoms with Gasteiger partial charge in [0.15, 0.2) is 0 Å². The summed E-state index contributed by atoms with van der Waals surface area (Å²) in [6.07, 6.45) is 16.7. The van der Waals surface area contributed by atoms with Gasteiger partial charge in [0, 0.05) is 36.9 Å². The Hall–Kier alpha value is -1.92. The van der Waals surface area contributed by atoms with Gasteiger partial charge in [0.25, 0.3) is 0 Å². The van der Waals surface area contributed by atoms with Gasteiger partial charge < -0.3 is 9.08 Å². The highest BCUT2D eigenvalue weighted by Crippen LogP contribution is 2.26. The molecule has 1 saturated heterocycles. The van der Waals surface area contributed by atoms with Crippen molar-refractivity contribution >= 4 is 29.1 Å². The third kappa shape index (κ3) is 9.29. The summed E-state index contributed by atoms with van der Waals surface area (Å²) in [5.74, 6) is 1.17. The molecular weight excluding hydrogens is 416 g/mol. The molecule has 6 heteroatoms. The van der Waals surface area contributed by atoms with Crippen LogP contribution >= 0.6 is 12.0 Å². The van der Waals surface area contributed by atoms with Crippen molar-refractivity contribution in [2.75, 3.05) is 23.7 Å². The summed E-state index contributed by atoms with van der Waals surface area (Å²) in [6.45, 7) is 4.52. The number of unbranched alkanes of at least 4 members (excludes halogenated alkanes) is 6. The van der Waals surface area contributed by atoms with Crippen molar-refractivity contribution < 1.29 is 4.18 Å². The fourth-order valence-electron chi connectivity index (χ4n) is 3.95. The molecule has 0 amide bonds. The number of azo groups is 1. The Kier molecular flexibility index (Phi) is 11.6. The number of nitrogens with zero attached hydrogens (tertiary/aromatic N) is 4. The molecule has 0 aliphatic carbocycles. The summed E-state index contributed by atoms with van der Waals surface area (Å²) in [6, 6.07) is 12.2. The first-order valence-electron chi connectivity index (χ1n) is 12.3. The summed E-state index contributed by atoms with van der Waals surface area (Å²) in [7, 11) is 0. The Labute approximate surface area is 198 Å². The van der Waals surface area contributed by atoms with E-state index >= 15 is 0 Å². The first-order valence-corrected chi connectivity index (χ1v) is 13.2. The number of hydrogen-bond donors (Lipinski definition) is 0. The summed E-state index contributed by atoms with van der Waals surface area (Å²) in [4.78, 5) is 6.56. The van der Waals surface area contributed by atoms with E-state index in [9.17, 15) is 0 Å². The topological polar surface area (TPSA) is 50.1 Å². The van der Waals surface area contributed by atoms with E-state index < -0.39 is 0 Å². The minimum atomic E-state index is 0.504. The van der Waals surface area contributed by atoms with Gasteiger partial charge in [0.05, 0.1) is 17.5 Å². The van der Waals surface area contributed by atoms with Crippen LogP contribution in [0.5, 0.6) is 0 Å². The number of anilines is 1. The van der Waals surface area contributed by atoms with Crippen LogP contribution in [0, 0.1) is 0 Å². The second-order valence-corrected chi connectivity index (χ2v) is 9.34. The maximum atomic E-state index is 5.66. The van der Waals surface area contributed by atoms with Crippen LogP contribution in [0.4, 0.5) is 17.1 Å².